The van der Waals surface area contributed by atoms with Gasteiger partial charge in [-0.15, -0.1) is 0 Å². The first-order chi connectivity index (χ1) is 9.93. The van der Waals surface area contributed by atoms with E-state index in [-0.39, 0.29) is 17.7 Å². The second kappa shape index (κ2) is 6.35. The highest BCUT2D eigenvalue weighted by Crippen LogP contribution is 2.30. The number of hydrogen-bond donors (Lipinski definition) is 1. The molecule has 1 atom stereocenters. The first-order valence-electron chi connectivity index (χ1n) is 7.20. The standard InChI is InChI=1S/C18H21F2N/c1-5-21-18(16-10-14(19)7-6-11(16)2)17-12(3)8-15(20)9-13(17)4/h6-10,18,21H,5H2,1-4H3. The second-order valence-electron chi connectivity index (χ2n) is 5.44. The molecule has 2 aromatic carbocycles. The normalized spacial score (nSPS) is 12.5. The van der Waals surface area contributed by atoms with Crippen LogP contribution in [-0.4, -0.2) is 6.54 Å². The van der Waals surface area contributed by atoms with Gasteiger partial charge in [0.15, 0.2) is 0 Å². The molecular formula is C18H21F2N. The van der Waals surface area contributed by atoms with E-state index in [2.05, 4.69) is 5.32 Å². The Labute approximate surface area is 125 Å². The van der Waals surface area contributed by atoms with Crippen LogP contribution in [-0.2, 0) is 0 Å². The maximum Gasteiger partial charge on any atom is 0.123 e. The molecule has 0 spiro atoms. The maximum atomic E-state index is 13.6. The molecule has 0 fully saturated rings. The van der Waals surface area contributed by atoms with Gasteiger partial charge in [0.25, 0.3) is 0 Å². The first kappa shape index (κ1) is 15.6. The van der Waals surface area contributed by atoms with Crippen molar-refractivity contribution in [3.63, 3.8) is 0 Å². The smallest absolute Gasteiger partial charge is 0.123 e. The summed E-state index contributed by atoms with van der Waals surface area (Å²) < 4.78 is 27.2. The Morgan fingerprint density at radius 1 is 0.905 bits per heavy atom. The van der Waals surface area contributed by atoms with Crippen LogP contribution in [0.2, 0.25) is 0 Å². The van der Waals surface area contributed by atoms with Gasteiger partial charge in [0, 0.05) is 0 Å². The van der Waals surface area contributed by atoms with Crippen molar-refractivity contribution in [2.24, 2.45) is 0 Å². The number of rotatable bonds is 4. The maximum absolute atomic E-state index is 13.6. The van der Waals surface area contributed by atoms with Gasteiger partial charge in [-0.25, -0.2) is 8.78 Å². The van der Waals surface area contributed by atoms with Crippen LogP contribution in [0, 0.1) is 32.4 Å². The monoisotopic (exact) mass is 289 g/mol. The third-order valence-corrected chi connectivity index (χ3v) is 3.81. The van der Waals surface area contributed by atoms with E-state index in [4.69, 9.17) is 0 Å². The van der Waals surface area contributed by atoms with Gasteiger partial charge in [0.05, 0.1) is 6.04 Å². The van der Waals surface area contributed by atoms with Crippen LogP contribution in [0.4, 0.5) is 8.78 Å². The molecule has 2 aromatic rings. The van der Waals surface area contributed by atoms with Crippen molar-refractivity contribution in [2.45, 2.75) is 33.7 Å². The second-order valence-corrected chi connectivity index (χ2v) is 5.44. The predicted molar refractivity (Wildman–Crippen MR) is 82.5 cm³/mol. The summed E-state index contributed by atoms with van der Waals surface area (Å²) in [6, 6.07) is 7.73. The number of benzene rings is 2. The lowest BCUT2D eigenvalue weighted by molar-refractivity contribution is 0.591. The van der Waals surface area contributed by atoms with Crippen LogP contribution in [0.5, 0.6) is 0 Å². The van der Waals surface area contributed by atoms with E-state index in [9.17, 15) is 8.78 Å². The summed E-state index contributed by atoms with van der Waals surface area (Å²) in [6.07, 6.45) is 0. The quantitative estimate of drug-likeness (QED) is 0.868. The van der Waals surface area contributed by atoms with Crippen molar-refractivity contribution in [1.82, 2.24) is 5.32 Å². The summed E-state index contributed by atoms with van der Waals surface area (Å²) in [4.78, 5) is 0. The Morgan fingerprint density at radius 3 is 2.10 bits per heavy atom. The molecule has 1 N–H and O–H groups in total. The Morgan fingerprint density at radius 2 is 1.52 bits per heavy atom. The minimum atomic E-state index is -0.254. The van der Waals surface area contributed by atoms with E-state index >= 15 is 0 Å². The van der Waals surface area contributed by atoms with E-state index in [1.54, 1.807) is 12.1 Å². The first-order valence-corrected chi connectivity index (χ1v) is 7.20. The summed E-state index contributed by atoms with van der Waals surface area (Å²) in [7, 11) is 0. The average molecular weight is 289 g/mol. The molecule has 0 aliphatic carbocycles. The molecule has 21 heavy (non-hydrogen) atoms. The largest absolute Gasteiger partial charge is 0.307 e. The molecule has 0 heterocycles. The number of aryl methyl sites for hydroxylation is 3. The summed E-state index contributed by atoms with van der Waals surface area (Å²) in [6.45, 7) is 8.51. The highest BCUT2D eigenvalue weighted by Gasteiger charge is 2.20. The molecule has 0 saturated heterocycles. The topological polar surface area (TPSA) is 12.0 Å². The van der Waals surface area contributed by atoms with E-state index in [1.165, 1.54) is 18.2 Å². The molecule has 0 amide bonds. The van der Waals surface area contributed by atoms with E-state index in [0.29, 0.717) is 0 Å². The van der Waals surface area contributed by atoms with Crippen molar-refractivity contribution in [1.29, 1.82) is 0 Å². The minimum absolute atomic E-state index is 0.133. The van der Waals surface area contributed by atoms with Crippen LogP contribution in [0.3, 0.4) is 0 Å². The molecular weight excluding hydrogens is 268 g/mol. The molecule has 0 radical (unpaired) electrons. The molecule has 0 aromatic heterocycles. The van der Waals surface area contributed by atoms with Gasteiger partial charge in [0.1, 0.15) is 11.6 Å². The lowest BCUT2D eigenvalue weighted by atomic mass is 9.89. The predicted octanol–water partition coefficient (Wildman–Crippen LogP) is 4.59. The third-order valence-electron chi connectivity index (χ3n) is 3.81. The summed E-state index contributed by atoms with van der Waals surface area (Å²) in [5, 5.41) is 3.40. The molecule has 3 heteroatoms. The highest BCUT2D eigenvalue weighted by molar-refractivity contribution is 5.44. The van der Waals surface area contributed by atoms with Crippen LogP contribution >= 0.6 is 0 Å². The lowest BCUT2D eigenvalue weighted by Gasteiger charge is -2.24. The van der Waals surface area contributed by atoms with E-state index in [1.807, 2.05) is 27.7 Å². The fraction of sp³-hybridized carbons (Fsp3) is 0.333. The molecule has 0 bridgehead atoms. The summed E-state index contributed by atoms with van der Waals surface area (Å²) in [5.74, 6) is -0.490. The van der Waals surface area contributed by atoms with E-state index < -0.39 is 0 Å². The summed E-state index contributed by atoms with van der Waals surface area (Å²) in [5.41, 5.74) is 4.69. The lowest BCUT2D eigenvalue weighted by Crippen LogP contribution is -2.24. The number of nitrogens with one attached hydrogen (secondary N) is 1. The fourth-order valence-electron chi connectivity index (χ4n) is 2.87. The zero-order chi connectivity index (χ0) is 15.6. The Bertz CT molecular complexity index is 627. The number of halogens is 2. The van der Waals surface area contributed by atoms with Crippen LogP contribution in [0.25, 0.3) is 0 Å². The number of hydrogen-bond acceptors (Lipinski definition) is 1. The summed E-state index contributed by atoms with van der Waals surface area (Å²) >= 11 is 0. The Hall–Kier alpha value is -1.74. The van der Waals surface area contributed by atoms with Crippen LogP contribution in [0.1, 0.15) is 40.8 Å². The molecule has 1 nitrogen and oxygen atoms in total. The van der Waals surface area contributed by atoms with Crippen molar-refractivity contribution in [2.75, 3.05) is 6.54 Å². The van der Waals surface area contributed by atoms with Crippen molar-refractivity contribution < 1.29 is 8.78 Å². The van der Waals surface area contributed by atoms with E-state index in [0.717, 1.165) is 34.4 Å². The van der Waals surface area contributed by atoms with Gasteiger partial charge in [-0.1, -0.05) is 13.0 Å². The van der Waals surface area contributed by atoms with Gasteiger partial charge < -0.3 is 5.32 Å². The van der Waals surface area contributed by atoms with Crippen LogP contribution < -0.4 is 5.32 Å². The molecule has 112 valence electrons. The fourth-order valence-corrected chi connectivity index (χ4v) is 2.87. The Balaban J connectivity index is 2.61. The van der Waals surface area contributed by atoms with Gasteiger partial charge in [-0.2, -0.15) is 0 Å². The van der Waals surface area contributed by atoms with Crippen molar-refractivity contribution in [3.8, 4) is 0 Å². The van der Waals surface area contributed by atoms with Crippen molar-refractivity contribution in [3.05, 3.63) is 69.8 Å². The molecule has 2 rings (SSSR count). The highest BCUT2D eigenvalue weighted by atomic mass is 19.1. The molecule has 0 saturated carbocycles. The SMILES string of the molecule is CCNC(c1cc(F)ccc1C)c1c(C)cc(F)cc1C. The van der Waals surface area contributed by atoms with Gasteiger partial charge >= 0.3 is 0 Å². The minimum Gasteiger partial charge on any atom is -0.307 e. The van der Waals surface area contributed by atoms with Gasteiger partial charge in [0.2, 0.25) is 0 Å². The van der Waals surface area contributed by atoms with Gasteiger partial charge in [-0.05, 0) is 79.4 Å². The molecule has 0 aliphatic heterocycles. The molecule has 0 aliphatic rings. The zero-order valence-electron chi connectivity index (χ0n) is 12.9. The zero-order valence-corrected chi connectivity index (χ0v) is 12.9. The third kappa shape index (κ3) is 3.30. The van der Waals surface area contributed by atoms with Gasteiger partial charge in [-0.3, -0.25) is 0 Å². The molecule has 1 unspecified atom stereocenters. The van der Waals surface area contributed by atoms with Crippen molar-refractivity contribution >= 4 is 0 Å². The average Bonchev–Trinajstić information content (AvgIpc) is 2.39. The van der Waals surface area contributed by atoms with Crippen LogP contribution in [0.15, 0.2) is 30.3 Å². The Kier molecular flexibility index (Phi) is 4.73.